The number of allylic oxidation sites excluding steroid dienone is 4. The van der Waals surface area contributed by atoms with Crippen LogP contribution in [0.15, 0.2) is 23.8 Å². The van der Waals surface area contributed by atoms with E-state index in [9.17, 15) is 0 Å². The van der Waals surface area contributed by atoms with Gasteiger partial charge in [0.25, 0.3) is 0 Å². The molecule has 0 heterocycles. The second-order valence-corrected chi connectivity index (χ2v) is 4.29. The molecule has 0 aromatic rings. The minimum Gasteiger partial charge on any atom is -0.118 e. The van der Waals surface area contributed by atoms with Gasteiger partial charge in [-0.1, -0.05) is 37.6 Å². The van der Waals surface area contributed by atoms with E-state index >= 15 is 0 Å². The number of hydrogen-bond acceptors (Lipinski definition) is 0. The quantitative estimate of drug-likeness (QED) is 0.536. The molecule has 3 atom stereocenters. The number of rotatable bonds is 2. The molecule has 10 heavy (non-hydrogen) atoms. The van der Waals surface area contributed by atoms with Crippen molar-refractivity contribution in [3.05, 3.63) is 23.8 Å². The summed E-state index contributed by atoms with van der Waals surface area (Å²) in [5.41, 5.74) is 2.41. The first-order valence-electron chi connectivity index (χ1n) is 3.81. The van der Waals surface area contributed by atoms with Crippen molar-refractivity contribution in [2.45, 2.75) is 19.5 Å². The first-order chi connectivity index (χ1) is 4.75. The van der Waals surface area contributed by atoms with Crippen LogP contribution in [0.1, 0.15) is 13.8 Å². The van der Waals surface area contributed by atoms with E-state index in [0.717, 1.165) is 14.2 Å². The van der Waals surface area contributed by atoms with E-state index < -0.39 is 0 Å². The molecule has 0 spiro atoms. The zero-order valence-corrected chi connectivity index (χ0v) is 7.89. The Morgan fingerprint density at radius 1 is 1.60 bits per heavy atom. The molecule has 0 aromatic heterocycles. The molecule has 1 heteroatoms. The van der Waals surface area contributed by atoms with Crippen molar-refractivity contribution in [3.8, 4) is 0 Å². The van der Waals surface area contributed by atoms with Gasteiger partial charge >= 0.3 is 0 Å². The molecule has 0 amide bonds. The van der Waals surface area contributed by atoms with Crippen LogP contribution < -0.4 is 0 Å². The van der Waals surface area contributed by atoms with Gasteiger partial charge in [0.15, 0.2) is 0 Å². The van der Waals surface area contributed by atoms with Crippen molar-refractivity contribution in [2.75, 3.05) is 6.66 Å². The predicted octanol–water partition coefficient (Wildman–Crippen LogP) is 2.82. The Balaban J connectivity index is 2.58. The maximum atomic E-state index is 2.31. The van der Waals surface area contributed by atoms with Crippen molar-refractivity contribution in [1.29, 1.82) is 0 Å². The fraction of sp³-hybridized carbons (Fsp3) is 0.556. The van der Waals surface area contributed by atoms with E-state index in [1.807, 2.05) is 0 Å². The molecule has 0 nitrogen and oxygen atoms in total. The standard InChI is InChI=1S/C9H15P/c1-7-5-4-6-9(7)8(2)10-3/h4-8,10H,1-3H3. The van der Waals surface area contributed by atoms with E-state index in [1.54, 1.807) is 5.57 Å². The highest BCUT2D eigenvalue weighted by molar-refractivity contribution is 7.38. The van der Waals surface area contributed by atoms with Crippen LogP contribution in [-0.4, -0.2) is 12.3 Å². The molecule has 0 saturated heterocycles. The lowest BCUT2D eigenvalue weighted by Gasteiger charge is -2.14. The predicted molar refractivity (Wildman–Crippen MR) is 50.1 cm³/mol. The largest absolute Gasteiger partial charge is 0.118 e. The molecule has 1 aliphatic carbocycles. The van der Waals surface area contributed by atoms with Crippen LogP contribution in [0, 0.1) is 5.92 Å². The maximum absolute atomic E-state index is 2.31. The van der Waals surface area contributed by atoms with Gasteiger partial charge in [-0.05, 0) is 18.2 Å². The van der Waals surface area contributed by atoms with E-state index in [2.05, 4.69) is 38.7 Å². The molecular formula is C9H15P. The molecule has 0 aliphatic heterocycles. The van der Waals surface area contributed by atoms with Gasteiger partial charge < -0.3 is 0 Å². The van der Waals surface area contributed by atoms with Gasteiger partial charge in [-0.15, -0.1) is 8.58 Å². The molecule has 3 unspecified atom stereocenters. The summed E-state index contributed by atoms with van der Waals surface area (Å²) in [7, 11) is 1.04. The number of hydrogen-bond donors (Lipinski definition) is 0. The third-order valence-electron chi connectivity index (χ3n) is 2.15. The second kappa shape index (κ2) is 3.34. The van der Waals surface area contributed by atoms with Crippen LogP contribution in [-0.2, 0) is 0 Å². The summed E-state index contributed by atoms with van der Waals surface area (Å²) < 4.78 is 0. The molecular weight excluding hydrogens is 139 g/mol. The van der Waals surface area contributed by atoms with Crippen molar-refractivity contribution in [2.24, 2.45) is 5.92 Å². The Morgan fingerprint density at radius 2 is 2.30 bits per heavy atom. The highest BCUT2D eigenvalue weighted by Gasteiger charge is 2.13. The average Bonchev–Trinajstić information content (AvgIpc) is 2.34. The first kappa shape index (κ1) is 8.01. The molecule has 0 N–H and O–H groups in total. The van der Waals surface area contributed by atoms with Crippen LogP contribution in [0.2, 0.25) is 0 Å². The minimum atomic E-state index is 0.697. The highest BCUT2D eigenvalue weighted by Crippen LogP contribution is 2.30. The summed E-state index contributed by atoms with van der Waals surface area (Å²) in [5.74, 6) is 0.697. The van der Waals surface area contributed by atoms with Crippen LogP contribution in [0.25, 0.3) is 0 Å². The lowest BCUT2D eigenvalue weighted by atomic mass is 10.0. The molecule has 56 valence electrons. The lowest BCUT2D eigenvalue weighted by molar-refractivity contribution is 0.833. The van der Waals surface area contributed by atoms with Crippen LogP contribution in [0.4, 0.5) is 0 Å². The minimum absolute atomic E-state index is 0.697. The summed E-state index contributed by atoms with van der Waals surface area (Å²) in [5, 5.41) is 0. The van der Waals surface area contributed by atoms with Gasteiger partial charge in [0.1, 0.15) is 0 Å². The SMILES string of the molecule is CPC(C)C1=CC=CC1C. The molecule has 0 radical (unpaired) electrons. The summed E-state index contributed by atoms with van der Waals surface area (Å²) >= 11 is 0. The molecule has 0 fully saturated rings. The first-order valence-corrected chi connectivity index (χ1v) is 5.39. The van der Waals surface area contributed by atoms with Crippen molar-refractivity contribution in [1.82, 2.24) is 0 Å². The lowest BCUT2D eigenvalue weighted by Crippen LogP contribution is -2.03. The van der Waals surface area contributed by atoms with Crippen molar-refractivity contribution >= 4 is 8.58 Å². The van der Waals surface area contributed by atoms with Crippen LogP contribution in [0.5, 0.6) is 0 Å². The second-order valence-electron chi connectivity index (χ2n) is 2.85. The normalized spacial score (nSPS) is 27.9. The summed E-state index contributed by atoms with van der Waals surface area (Å²) in [6, 6.07) is 0. The zero-order chi connectivity index (χ0) is 7.56. The van der Waals surface area contributed by atoms with Gasteiger partial charge in [-0.3, -0.25) is 0 Å². The Bertz CT molecular complexity index is 168. The van der Waals surface area contributed by atoms with Crippen LogP contribution in [0.3, 0.4) is 0 Å². The summed E-state index contributed by atoms with van der Waals surface area (Å²) in [6.45, 7) is 6.86. The van der Waals surface area contributed by atoms with Crippen molar-refractivity contribution < 1.29 is 0 Å². The third kappa shape index (κ3) is 1.49. The monoisotopic (exact) mass is 154 g/mol. The smallest absolute Gasteiger partial charge is 0.00393 e. The average molecular weight is 154 g/mol. The Kier molecular flexibility index (Phi) is 2.68. The van der Waals surface area contributed by atoms with E-state index in [-0.39, 0.29) is 0 Å². The fourth-order valence-corrected chi connectivity index (χ4v) is 1.99. The molecule has 1 aliphatic rings. The molecule has 0 saturated carbocycles. The molecule has 0 aromatic carbocycles. The van der Waals surface area contributed by atoms with E-state index in [1.165, 1.54) is 0 Å². The Morgan fingerprint density at radius 3 is 2.70 bits per heavy atom. The van der Waals surface area contributed by atoms with Gasteiger partial charge in [0, 0.05) is 0 Å². The fourth-order valence-electron chi connectivity index (χ4n) is 1.30. The maximum Gasteiger partial charge on any atom is -0.00393 e. The van der Waals surface area contributed by atoms with Crippen molar-refractivity contribution in [3.63, 3.8) is 0 Å². The van der Waals surface area contributed by atoms with Gasteiger partial charge in [0.2, 0.25) is 0 Å². The highest BCUT2D eigenvalue weighted by atomic mass is 31.1. The van der Waals surface area contributed by atoms with Gasteiger partial charge in [-0.2, -0.15) is 0 Å². The molecule has 1 rings (SSSR count). The Hall–Kier alpha value is -0.0900. The Labute approximate surface area is 65.2 Å². The molecule has 0 bridgehead atoms. The van der Waals surface area contributed by atoms with Gasteiger partial charge in [-0.25, -0.2) is 0 Å². The topological polar surface area (TPSA) is 0 Å². The van der Waals surface area contributed by atoms with Gasteiger partial charge in [0.05, 0.1) is 0 Å². The van der Waals surface area contributed by atoms with Crippen LogP contribution >= 0.6 is 8.58 Å². The summed E-state index contributed by atoms with van der Waals surface area (Å²) in [6.07, 6.45) is 6.72. The van der Waals surface area contributed by atoms with E-state index in [4.69, 9.17) is 0 Å². The van der Waals surface area contributed by atoms with E-state index in [0.29, 0.717) is 5.92 Å². The summed E-state index contributed by atoms with van der Waals surface area (Å²) in [4.78, 5) is 0. The zero-order valence-electron chi connectivity index (χ0n) is 6.89. The third-order valence-corrected chi connectivity index (χ3v) is 3.35.